The molecule has 1 fully saturated rings. The Labute approximate surface area is 91.1 Å². The minimum absolute atomic E-state index is 0.0667. The molecule has 0 aromatic rings. The van der Waals surface area contributed by atoms with Gasteiger partial charge in [0, 0.05) is 12.0 Å². The average molecular weight is 212 g/mol. The van der Waals surface area contributed by atoms with E-state index in [1.54, 1.807) is 6.92 Å². The quantitative estimate of drug-likeness (QED) is 0.574. The molecule has 3 nitrogen and oxygen atoms in total. The smallest absolute Gasteiger partial charge is 0.333 e. The zero-order valence-corrected chi connectivity index (χ0v) is 9.37. The van der Waals surface area contributed by atoms with E-state index >= 15 is 0 Å². The maximum absolute atomic E-state index is 11.5. The molecule has 0 radical (unpaired) electrons. The Morgan fingerprint density at radius 1 is 1.47 bits per heavy atom. The summed E-state index contributed by atoms with van der Waals surface area (Å²) in [6.07, 6.45) is 5.28. The molecule has 1 unspecified atom stereocenters. The molecule has 0 saturated heterocycles. The topological polar surface area (TPSA) is 46.5 Å². The van der Waals surface area contributed by atoms with Crippen molar-refractivity contribution in [2.45, 2.75) is 57.7 Å². The molecule has 0 aliphatic heterocycles. The highest BCUT2D eigenvalue weighted by Crippen LogP contribution is 2.21. The number of esters is 1. The van der Waals surface area contributed by atoms with Crippen LogP contribution in [0.15, 0.2) is 12.2 Å². The Morgan fingerprint density at radius 3 is 2.60 bits per heavy atom. The van der Waals surface area contributed by atoms with E-state index in [4.69, 9.17) is 9.84 Å². The third kappa shape index (κ3) is 4.47. The minimum Gasteiger partial charge on any atom is -0.459 e. The van der Waals surface area contributed by atoms with Crippen LogP contribution < -0.4 is 0 Å². The van der Waals surface area contributed by atoms with Gasteiger partial charge in [0.15, 0.2) is 0 Å². The van der Waals surface area contributed by atoms with E-state index in [1.807, 2.05) is 0 Å². The molecule has 3 heteroatoms. The molecule has 0 spiro atoms. The van der Waals surface area contributed by atoms with Crippen LogP contribution in [0.1, 0.15) is 45.4 Å². The van der Waals surface area contributed by atoms with E-state index < -0.39 is 6.10 Å². The molecule has 0 heterocycles. The molecule has 86 valence electrons. The zero-order chi connectivity index (χ0) is 11.3. The summed E-state index contributed by atoms with van der Waals surface area (Å²) < 4.78 is 5.30. The van der Waals surface area contributed by atoms with Crippen molar-refractivity contribution >= 4 is 5.97 Å². The van der Waals surface area contributed by atoms with E-state index in [0.29, 0.717) is 12.0 Å². The van der Waals surface area contributed by atoms with Gasteiger partial charge in [-0.1, -0.05) is 13.0 Å². The highest BCUT2D eigenvalue weighted by molar-refractivity contribution is 5.87. The molecule has 0 aromatic carbocycles. The average Bonchev–Trinajstić information content (AvgIpc) is 2.18. The van der Waals surface area contributed by atoms with Gasteiger partial charge in [0.05, 0.1) is 6.10 Å². The fourth-order valence-corrected chi connectivity index (χ4v) is 1.86. The number of ether oxygens (including phenoxy) is 1. The standard InChI is InChI=1S/C12H20O3/c1-9(8-10(2)13)12(14)15-11-6-4-3-5-7-11/h10-11,13H,1,3-8H2,2H3. The third-order valence-electron chi connectivity index (χ3n) is 2.66. The van der Waals surface area contributed by atoms with Crippen LogP contribution in [0.3, 0.4) is 0 Å². The lowest BCUT2D eigenvalue weighted by Gasteiger charge is -2.22. The first-order valence-corrected chi connectivity index (χ1v) is 5.66. The van der Waals surface area contributed by atoms with Crippen molar-refractivity contribution in [3.8, 4) is 0 Å². The predicted octanol–water partition coefficient (Wildman–Crippen LogP) is 2.19. The second-order valence-corrected chi connectivity index (χ2v) is 4.32. The summed E-state index contributed by atoms with van der Waals surface area (Å²) in [7, 11) is 0. The molecule has 1 aliphatic carbocycles. The molecule has 1 N–H and O–H groups in total. The van der Waals surface area contributed by atoms with Gasteiger partial charge >= 0.3 is 5.97 Å². The van der Waals surface area contributed by atoms with Gasteiger partial charge in [-0.15, -0.1) is 0 Å². The van der Waals surface area contributed by atoms with Gasteiger partial charge in [0.2, 0.25) is 0 Å². The van der Waals surface area contributed by atoms with Gasteiger partial charge in [-0.3, -0.25) is 0 Å². The molecular formula is C12H20O3. The normalized spacial score (nSPS) is 19.6. The second-order valence-electron chi connectivity index (χ2n) is 4.32. The summed E-state index contributed by atoms with van der Waals surface area (Å²) in [5.41, 5.74) is 0.371. The van der Waals surface area contributed by atoms with Gasteiger partial charge in [0.25, 0.3) is 0 Å². The van der Waals surface area contributed by atoms with Gasteiger partial charge in [-0.2, -0.15) is 0 Å². The third-order valence-corrected chi connectivity index (χ3v) is 2.66. The second kappa shape index (κ2) is 5.91. The molecule has 0 aromatic heterocycles. The van der Waals surface area contributed by atoms with Crippen LogP contribution in [0, 0.1) is 0 Å². The summed E-state index contributed by atoms with van der Waals surface area (Å²) in [6, 6.07) is 0. The molecule has 1 atom stereocenters. The van der Waals surface area contributed by atoms with Gasteiger partial charge < -0.3 is 9.84 Å². The lowest BCUT2D eigenvalue weighted by atomic mass is 9.98. The van der Waals surface area contributed by atoms with Crippen LogP contribution >= 0.6 is 0 Å². The monoisotopic (exact) mass is 212 g/mol. The van der Waals surface area contributed by atoms with Crippen molar-refractivity contribution in [3.63, 3.8) is 0 Å². The number of carbonyl (C=O) groups excluding carboxylic acids is 1. The van der Waals surface area contributed by atoms with Gasteiger partial charge in [-0.25, -0.2) is 4.79 Å². The van der Waals surface area contributed by atoms with Crippen molar-refractivity contribution in [2.75, 3.05) is 0 Å². The number of hydrogen-bond donors (Lipinski definition) is 1. The van der Waals surface area contributed by atoms with E-state index in [2.05, 4.69) is 6.58 Å². The number of hydrogen-bond acceptors (Lipinski definition) is 3. The van der Waals surface area contributed by atoms with Crippen molar-refractivity contribution in [1.82, 2.24) is 0 Å². The van der Waals surface area contributed by atoms with Crippen LogP contribution in [0.25, 0.3) is 0 Å². The SMILES string of the molecule is C=C(CC(C)O)C(=O)OC1CCCCC1. The first kappa shape index (κ1) is 12.2. The summed E-state index contributed by atoms with van der Waals surface area (Å²) in [5, 5.41) is 9.11. The number of carbonyl (C=O) groups is 1. The summed E-state index contributed by atoms with van der Waals surface area (Å²) >= 11 is 0. The van der Waals surface area contributed by atoms with Gasteiger partial charge in [0.1, 0.15) is 6.10 Å². The van der Waals surface area contributed by atoms with E-state index in [1.165, 1.54) is 6.42 Å². The molecule has 0 bridgehead atoms. The Morgan fingerprint density at radius 2 is 2.07 bits per heavy atom. The molecule has 1 rings (SSSR count). The van der Waals surface area contributed by atoms with Gasteiger partial charge in [-0.05, 0) is 32.6 Å². The first-order valence-electron chi connectivity index (χ1n) is 5.66. The Bertz CT molecular complexity index is 227. The predicted molar refractivity (Wildman–Crippen MR) is 58.4 cm³/mol. The molecular weight excluding hydrogens is 192 g/mol. The minimum atomic E-state index is -0.531. The Kier molecular flexibility index (Phi) is 4.82. The molecule has 1 saturated carbocycles. The number of aliphatic hydroxyl groups is 1. The van der Waals surface area contributed by atoms with Crippen LogP contribution in [-0.2, 0) is 9.53 Å². The molecule has 15 heavy (non-hydrogen) atoms. The van der Waals surface area contributed by atoms with Crippen LogP contribution in [0.4, 0.5) is 0 Å². The summed E-state index contributed by atoms with van der Waals surface area (Å²) in [4.78, 5) is 11.5. The van der Waals surface area contributed by atoms with E-state index in [9.17, 15) is 4.79 Å². The van der Waals surface area contributed by atoms with Crippen molar-refractivity contribution in [1.29, 1.82) is 0 Å². The maximum Gasteiger partial charge on any atom is 0.333 e. The zero-order valence-electron chi connectivity index (χ0n) is 9.37. The lowest BCUT2D eigenvalue weighted by molar-refractivity contribution is -0.146. The van der Waals surface area contributed by atoms with Crippen molar-refractivity contribution in [3.05, 3.63) is 12.2 Å². The Hall–Kier alpha value is -0.830. The lowest BCUT2D eigenvalue weighted by Crippen LogP contribution is -2.22. The van der Waals surface area contributed by atoms with Crippen molar-refractivity contribution < 1.29 is 14.6 Å². The van der Waals surface area contributed by atoms with Crippen LogP contribution in [0.2, 0.25) is 0 Å². The Balaban J connectivity index is 2.30. The van der Waals surface area contributed by atoms with E-state index in [0.717, 1.165) is 25.7 Å². The first-order chi connectivity index (χ1) is 7.09. The fraction of sp³-hybridized carbons (Fsp3) is 0.750. The summed E-state index contributed by atoms with van der Waals surface area (Å²) in [6.45, 7) is 5.26. The molecule has 0 amide bonds. The number of aliphatic hydroxyl groups excluding tert-OH is 1. The fourth-order valence-electron chi connectivity index (χ4n) is 1.86. The van der Waals surface area contributed by atoms with Crippen LogP contribution in [-0.4, -0.2) is 23.3 Å². The van der Waals surface area contributed by atoms with E-state index in [-0.39, 0.29) is 12.1 Å². The summed E-state index contributed by atoms with van der Waals surface area (Å²) in [5.74, 6) is -0.345. The van der Waals surface area contributed by atoms with Crippen LogP contribution in [0.5, 0.6) is 0 Å². The largest absolute Gasteiger partial charge is 0.459 e. The van der Waals surface area contributed by atoms with Crippen molar-refractivity contribution in [2.24, 2.45) is 0 Å². The highest BCUT2D eigenvalue weighted by atomic mass is 16.5. The maximum atomic E-state index is 11.5. The number of rotatable bonds is 4. The molecule has 1 aliphatic rings. The highest BCUT2D eigenvalue weighted by Gasteiger charge is 2.19.